The zero-order valence-electron chi connectivity index (χ0n) is 41.7. The molecule has 14 rings (SSSR count). The molecule has 1 aliphatic carbocycles. The van der Waals surface area contributed by atoms with Gasteiger partial charge in [-0.25, -0.2) is 9.97 Å². The number of aromatic nitrogens is 3. The van der Waals surface area contributed by atoms with Crippen molar-refractivity contribution in [3.05, 3.63) is 278 Å². The largest absolute Gasteiger partial charge is 0.310 e. The molecule has 0 saturated carbocycles. The van der Waals surface area contributed by atoms with Crippen LogP contribution in [0.5, 0.6) is 0 Å². The summed E-state index contributed by atoms with van der Waals surface area (Å²) in [5, 5.41) is 3.44. The van der Waals surface area contributed by atoms with Gasteiger partial charge in [0, 0.05) is 55.5 Å². The van der Waals surface area contributed by atoms with Gasteiger partial charge in [0.05, 0.1) is 22.2 Å². The molecule has 11 aromatic carbocycles. The van der Waals surface area contributed by atoms with Crippen molar-refractivity contribution in [3.63, 3.8) is 0 Å². The summed E-state index contributed by atoms with van der Waals surface area (Å²) in [6, 6.07) is 96.4. The van der Waals surface area contributed by atoms with Gasteiger partial charge in [-0.05, 0) is 122 Å². The molecule has 75 heavy (non-hydrogen) atoms. The summed E-state index contributed by atoms with van der Waals surface area (Å²) >= 11 is 0. The van der Waals surface area contributed by atoms with Gasteiger partial charge in [-0.2, -0.15) is 0 Å². The molecule has 4 heteroatoms. The van der Waals surface area contributed by atoms with Crippen LogP contribution < -0.4 is 4.90 Å². The van der Waals surface area contributed by atoms with E-state index < -0.39 is 0 Å². The number of benzene rings is 11. The Morgan fingerprint density at radius 1 is 0.333 bits per heavy atom. The SMILES string of the molecule is CC1(C)c2ccccc2-c2ccc(N(c3ccc(-c4ccccc4)cc3)c3cccc(-n4c5ccccc5c5ccc(-c6cccc(-c7nc(-c8ccc(-c9ccccc9)cc8)c8ccccc8n7)c6)cc54)c3)cc21. The molecule has 354 valence electrons. The van der Waals surface area contributed by atoms with Crippen LogP contribution in [0.25, 0.3) is 106 Å². The van der Waals surface area contributed by atoms with E-state index in [4.69, 9.17) is 9.97 Å². The molecule has 0 spiro atoms. The fourth-order valence-corrected chi connectivity index (χ4v) is 11.6. The third-order valence-electron chi connectivity index (χ3n) is 15.4. The number of rotatable bonds is 9. The fourth-order valence-electron chi connectivity index (χ4n) is 11.6. The van der Waals surface area contributed by atoms with Crippen LogP contribution in [0.3, 0.4) is 0 Å². The first-order chi connectivity index (χ1) is 36.9. The smallest absolute Gasteiger partial charge is 0.160 e. The summed E-state index contributed by atoms with van der Waals surface area (Å²) in [6.07, 6.45) is 0. The van der Waals surface area contributed by atoms with E-state index in [1.54, 1.807) is 0 Å². The zero-order valence-corrected chi connectivity index (χ0v) is 41.7. The first kappa shape index (κ1) is 44.1. The topological polar surface area (TPSA) is 34.0 Å². The Balaban J connectivity index is 0.873. The molecule has 0 bridgehead atoms. The number of anilines is 3. The number of para-hydroxylation sites is 2. The second-order valence-electron chi connectivity index (χ2n) is 20.2. The second kappa shape index (κ2) is 17.8. The number of fused-ring (bicyclic) bond motifs is 7. The molecule has 0 aliphatic heterocycles. The minimum absolute atomic E-state index is 0.145. The van der Waals surface area contributed by atoms with Gasteiger partial charge in [0.1, 0.15) is 0 Å². The van der Waals surface area contributed by atoms with E-state index in [9.17, 15) is 0 Å². The van der Waals surface area contributed by atoms with Gasteiger partial charge in [0.15, 0.2) is 5.82 Å². The molecule has 4 nitrogen and oxygen atoms in total. The van der Waals surface area contributed by atoms with Crippen LogP contribution in [0.15, 0.2) is 267 Å². The molecule has 0 fully saturated rings. The van der Waals surface area contributed by atoms with Crippen molar-refractivity contribution in [1.82, 2.24) is 14.5 Å². The lowest BCUT2D eigenvalue weighted by Gasteiger charge is -2.28. The van der Waals surface area contributed by atoms with E-state index in [1.165, 1.54) is 55.3 Å². The standard InChI is InChI=1S/C71H50N4/c1-71(2)64-28-12-9-25-59(64)60-42-40-58(46-65(60)71)74(55-38-35-50(36-39-55)48-19-7-4-8-20-48)56-23-16-24-57(45-56)75-67-30-14-11-26-61(67)62-41-37-53(44-68(62)75)52-21-15-22-54(43-52)70-72-66-29-13-10-27-63(66)69(73-70)51-33-31-49(32-34-51)47-17-5-3-6-18-47/h3-46H,1-2H3. The summed E-state index contributed by atoms with van der Waals surface area (Å²) in [6.45, 7) is 4.71. The lowest BCUT2D eigenvalue weighted by atomic mass is 9.82. The van der Waals surface area contributed by atoms with Crippen LogP contribution in [0.4, 0.5) is 17.1 Å². The maximum Gasteiger partial charge on any atom is 0.160 e. The Hall–Kier alpha value is -9.64. The molecule has 0 radical (unpaired) electrons. The van der Waals surface area contributed by atoms with Crippen molar-refractivity contribution in [1.29, 1.82) is 0 Å². The van der Waals surface area contributed by atoms with Crippen LogP contribution in [0.1, 0.15) is 25.0 Å². The third kappa shape index (κ3) is 7.61. The van der Waals surface area contributed by atoms with E-state index in [1.807, 2.05) is 0 Å². The maximum absolute atomic E-state index is 5.31. The fraction of sp³-hybridized carbons (Fsp3) is 0.0423. The van der Waals surface area contributed by atoms with Crippen LogP contribution >= 0.6 is 0 Å². The molecule has 2 aromatic heterocycles. The lowest BCUT2D eigenvalue weighted by Crippen LogP contribution is -2.16. The predicted octanol–water partition coefficient (Wildman–Crippen LogP) is 18.8. The molecule has 0 atom stereocenters. The molecule has 13 aromatic rings. The highest BCUT2D eigenvalue weighted by Gasteiger charge is 2.36. The number of nitrogens with zero attached hydrogens (tertiary/aromatic N) is 4. The molecule has 0 N–H and O–H groups in total. The Morgan fingerprint density at radius 3 is 1.67 bits per heavy atom. The average Bonchev–Trinajstić information content (AvgIpc) is 3.93. The molecule has 2 heterocycles. The average molecular weight is 959 g/mol. The van der Waals surface area contributed by atoms with Crippen molar-refractivity contribution < 1.29 is 0 Å². The lowest BCUT2D eigenvalue weighted by molar-refractivity contribution is 0.660. The van der Waals surface area contributed by atoms with E-state index in [2.05, 4.69) is 290 Å². The van der Waals surface area contributed by atoms with E-state index in [-0.39, 0.29) is 5.41 Å². The first-order valence-corrected chi connectivity index (χ1v) is 25.8. The van der Waals surface area contributed by atoms with Crippen LogP contribution in [-0.2, 0) is 5.41 Å². The highest BCUT2D eigenvalue weighted by molar-refractivity contribution is 6.10. The van der Waals surface area contributed by atoms with Crippen molar-refractivity contribution in [2.45, 2.75) is 19.3 Å². The second-order valence-corrected chi connectivity index (χ2v) is 20.2. The highest BCUT2D eigenvalue weighted by Crippen LogP contribution is 2.51. The van der Waals surface area contributed by atoms with Gasteiger partial charge in [-0.1, -0.05) is 214 Å². The quantitative estimate of drug-likeness (QED) is 0.145. The Morgan fingerprint density at radius 2 is 0.880 bits per heavy atom. The normalized spacial score (nSPS) is 12.5. The Labute approximate surface area is 437 Å². The minimum atomic E-state index is -0.145. The highest BCUT2D eigenvalue weighted by atomic mass is 15.1. The number of hydrogen-bond donors (Lipinski definition) is 0. The molecular weight excluding hydrogens is 909 g/mol. The molecule has 0 amide bonds. The first-order valence-electron chi connectivity index (χ1n) is 25.8. The van der Waals surface area contributed by atoms with Gasteiger partial charge < -0.3 is 9.47 Å². The Kier molecular flexibility index (Phi) is 10.5. The van der Waals surface area contributed by atoms with Gasteiger partial charge in [-0.3, -0.25) is 0 Å². The van der Waals surface area contributed by atoms with Crippen LogP contribution in [0.2, 0.25) is 0 Å². The van der Waals surface area contributed by atoms with Gasteiger partial charge in [-0.15, -0.1) is 0 Å². The van der Waals surface area contributed by atoms with Crippen molar-refractivity contribution >= 4 is 49.8 Å². The zero-order chi connectivity index (χ0) is 50.0. The summed E-state index contributed by atoms with van der Waals surface area (Å²) < 4.78 is 2.43. The molecule has 1 aliphatic rings. The maximum atomic E-state index is 5.31. The van der Waals surface area contributed by atoms with E-state index in [0.717, 1.165) is 72.6 Å². The van der Waals surface area contributed by atoms with Crippen molar-refractivity contribution in [2.24, 2.45) is 0 Å². The molecular formula is C71H50N4. The van der Waals surface area contributed by atoms with Gasteiger partial charge >= 0.3 is 0 Å². The van der Waals surface area contributed by atoms with Crippen molar-refractivity contribution in [3.8, 4) is 72.8 Å². The summed E-state index contributed by atoms with van der Waals surface area (Å²) in [5.74, 6) is 0.695. The molecule has 0 unspecified atom stereocenters. The van der Waals surface area contributed by atoms with E-state index in [0.29, 0.717) is 5.82 Å². The predicted molar refractivity (Wildman–Crippen MR) is 313 cm³/mol. The summed E-state index contributed by atoms with van der Waals surface area (Å²) in [4.78, 5) is 12.9. The van der Waals surface area contributed by atoms with Crippen LogP contribution in [0, 0.1) is 0 Å². The van der Waals surface area contributed by atoms with Crippen molar-refractivity contribution in [2.75, 3.05) is 4.90 Å². The van der Waals surface area contributed by atoms with Gasteiger partial charge in [0.25, 0.3) is 0 Å². The summed E-state index contributed by atoms with van der Waals surface area (Å²) in [5.41, 5.74) is 22.6. The summed E-state index contributed by atoms with van der Waals surface area (Å²) in [7, 11) is 0. The van der Waals surface area contributed by atoms with E-state index >= 15 is 0 Å². The molecule has 0 saturated heterocycles. The monoisotopic (exact) mass is 958 g/mol. The number of hydrogen-bond acceptors (Lipinski definition) is 3. The Bertz CT molecular complexity index is 4300. The van der Waals surface area contributed by atoms with Crippen LogP contribution in [-0.4, -0.2) is 14.5 Å². The minimum Gasteiger partial charge on any atom is -0.310 e. The van der Waals surface area contributed by atoms with Gasteiger partial charge in [0.2, 0.25) is 0 Å². The third-order valence-corrected chi connectivity index (χ3v) is 15.4.